The van der Waals surface area contributed by atoms with E-state index in [0.717, 1.165) is 20.1 Å². The van der Waals surface area contributed by atoms with Crippen molar-refractivity contribution in [2.45, 2.75) is 25.9 Å². The number of hydrogen-bond donors (Lipinski definition) is 1. The highest BCUT2D eigenvalue weighted by atomic mass is 79.9. The number of nitrogens with zero attached hydrogens (tertiary/aromatic N) is 1. The van der Waals surface area contributed by atoms with Gasteiger partial charge < -0.3 is 10.2 Å². The highest BCUT2D eigenvalue weighted by Gasteiger charge is 2.19. The van der Waals surface area contributed by atoms with E-state index in [-0.39, 0.29) is 24.3 Å². The second-order valence-electron chi connectivity index (χ2n) is 5.89. The van der Waals surface area contributed by atoms with Crippen molar-refractivity contribution in [3.63, 3.8) is 0 Å². The summed E-state index contributed by atoms with van der Waals surface area (Å²) in [6, 6.07) is 15.2. The van der Waals surface area contributed by atoms with Gasteiger partial charge in [-0.2, -0.15) is 0 Å². The molecule has 0 spiro atoms. The van der Waals surface area contributed by atoms with E-state index in [9.17, 15) is 9.59 Å². The van der Waals surface area contributed by atoms with Crippen LogP contribution in [0.3, 0.4) is 0 Å². The van der Waals surface area contributed by atoms with Gasteiger partial charge in [0.1, 0.15) is 0 Å². The Morgan fingerprint density at radius 3 is 2.04 bits per heavy atom. The molecular weight excluding hydrogens is 448 g/mol. The van der Waals surface area contributed by atoms with Crippen molar-refractivity contribution in [2.75, 3.05) is 7.05 Å². The van der Waals surface area contributed by atoms with Gasteiger partial charge in [-0.25, -0.2) is 0 Å². The van der Waals surface area contributed by atoms with Crippen LogP contribution < -0.4 is 5.32 Å². The number of carbonyl (C=O) groups excluding carboxylic acids is 2. The Kier molecular flexibility index (Phi) is 7.20. The monoisotopic (exact) mass is 466 g/mol. The Morgan fingerprint density at radius 1 is 1.00 bits per heavy atom. The largest absolute Gasteiger partial charge is 0.349 e. The fraction of sp³-hybridized carbons (Fsp3) is 0.263. The molecule has 1 atom stereocenters. The van der Waals surface area contributed by atoms with Gasteiger partial charge in [0.2, 0.25) is 11.8 Å². The van der Waals surface area contributed by atoms with Crippen LogP contribution in [0, 0.1) is 0 Å². The van der Waals surface area contributed by atoms with Gasteiger partial charge in [-0.1, -0.05) is 56.1 Å². The van der Waals surface area contributed by atoms with Gasteiger partial charge in [0.15, 0.2) is 0 Å². The van der Waals surface area contributed by atoms with Gasteiger partial charge in [0.25, 0.3) is 0 Å². The van der Waals surface area contributed by atoms with Crippen LogP contribution in [0.4, 0.5) is 0 Å². The molecule has 2 amide bonds. The number of carbonyl (C=O) groups is 2. The summed E-state index contributed by atoms with van der Waals surface area (Å²) < 4.78 is 1.96. The minimum absolute atomic E-state index is 0.0235. The van der Waals surface area contributed by atoms with E-state index in [1.165, 1.54) is 6.92 Å². The van der Waals surface area contributed by atoms with E-state index in [2.05, 4.69) is 37.2 Å². The van der Waals surface area contributed by atoms with E-state index >= 15 is 0 Å². The quantitative estimate of drug-likeness (QED) is 0.682. The van der Waals surface area contributed by atoms with Crippen LogP contribution in [0.2, 0.25) is 0 Å². The molecule has 0 aliphatic rings. The van der Waals surface area contributed by atoms with Crippen LogP contribution >= 0.6 is 31.9 Å². The lowest BCUT2D eigenvalue weighted by molar-refractivity contribution is -0.131. The Hall–Kier alpha value is -1.66. The lowest BCUT2D eigenvalue weighted by atomic mass is 10.0. The molecule has 0 radical (unpaired) electrons. The molecule has 1 unspecified atom stereocenters. The molecule has 0 saturated heterocycles. The lowest BCUT2D eigenvalue weighted by Gasteiger charge is -2.23. The van der Waals surface area contributed by atoms with Crippen LogP contribution in [-0.4, -0.2) is 23.8 Å². The Morgan fingerprint density at radius 2 is 1.52 bits per heavy atom. The van der Waals surface area contributed by atoms with Crippen LogP contribution in [0.1, 0.15) is 30.5 Å². The first-order valence-electron chi connectivity index (χ1n) is 7.86. The number of amides is 2. The second-order valence-corrected chi connectivity index (χ2v) is 7.72. The molecule has 2 aromatic rings. The molecule has 2 aromatic carbocycles. The molecule has 25 heavy (non-hydrogen) atoms. The summed E-state index contributed by atoms with van der Waals surface area (Å²) in [5.41, 5.74) is 1.96. The Bertz CT molecular complexity index is 730. The van der Waals surface area contributed by atoms with Gasteiger partial charge in [-0.15, -0.1) is 0 Å². The molecule has 0 fully saturated rings. The lowest BCUT2D eigenvalue weighted by Crippen LogP contribution is -2.33. The second kappa shape index (κ2) is 9.15. The average molecular weight is 468 g/mol. The molecule has 4 nitrogen and oxygen atoms in total. The van der Waals surface area contributed by atoms with Gasteiger partial charge in [0.05, 0.1) is 12.5 Å². The predicted molar refractivity (Wildman–Crippen MR) is 106 cm³/mol. The van der Waals surface area contributed by atoms with Crippen molar-refractivity contribution in [2.24, 2.45) is 0 Å². The normalized spacial score (nSPS) is 11.7. The molecule has 0 bridgehead atoms. The molecule has 132 valence electrons. The third-order valence-electron chi connectivity index (χ3n) is 3.79. The maximum Gasteiger partial charge on any atom is 0.225 e. The molecule has 6 heteroatoms. The highest BCUT2D eigenvalue weighted by molar-refractivity contribution is 9.10. The maximum absolute atomic E-state index is 12.6. The zero-order chi connectivity index (χ0) is 18.4. The number of rotatable bonds is 6. The summed E-state index contributed by atoms with van der Waals surface area (Å²) in [6.45, 7) is 1.99. The number of benzene rings is 2. The molecule has 0 aliphatic carbocycles. The van der Waals surface area contributed by atoms with Gasteiger partial charge in [0, 0.05) is 29.5 Å². The third-order valence-corrected chi connectivity index (χ3v) is 4.84. The first-order valence-corrected chi connectivity index (χ1v) is 9.44. The summed E-state index contributed by atoms with van der Waals surface area (Å²) in [5.74, 6) is -0.180. The fourth-order valence-electron chi connectivity index (χ4n) is 2.47. The molecule has 0 heterocycles. The zero-order valence-electron chi connectivity index (χ0n) is 14.1. The van der Waals surface area contributed by atoms with Gasteiger partial charge >= 0.3 is 0 Å². The first kappa shape index (κ1) is 19.7. The van der Waals surface area contributed by atoms with Crippen molar-refractivity contribution >= 4 is 43.7 Å². The summed E-state index contributed by atoms with van der Waals surface area (Å²) in [5, 5.41) is 2.86. The van der Waals surface area contributed by atoms with E-state index < -0.39 is 0 Å². The number of halogens is 2. The van der Waals surface area contributed by atoms with Crippen molar-refractivity contribution in [3.8, 4) is 0 Å². The van der Waals surface area contributed by atoms with E-state index in [1.54, 1.807) is 11.9 Å². The smallest absolute Gasteiger partial charge is 0.225 e. The van der Waals surface area contributed by atoms with Crippen molar-refractivity contribution in [1.29, 1.82) is 0 Å². The molecule has 0 aromatic heterocycles. The molecule has 0 aliphatic heterocycles. The fourth-order valence-corrected chi connectivity index (χ4v) is 3.00. The summed E-state index contributed by atoms with van der Waals surface area (Å²) in [4.78, 5) is 25.8. The van der Waals surface area contributed by atoms with Gasteiger partial charge in [-0.3, -0.25) is 9.59 Å². The predicted octanol–water partition coefficient (Wildman–Crippen LogP) is 4.44. The molecular formula is C19H20Br2N2O2. The summed E-state index contributed by atoms with van der Waals surface area (Å²) >= 11 is 6.80. The number of nitrogens with one attached hydrogen (secondary N) is 1. The maximum atomic E-state index is 12.6. The summed E-state index contributed by atoms with van der Waals surface area (Å²) in [6.07, 6.45) is 0.217. The molecule has 0 saturated carbocycles. The zero-order valence-corrected chi connectivity index (χ0v) is 17.3. The van der Waals surface area contributed by atoms with E-state index in [0.29, 0.717) is 6.54 Å². The average Bonchev–Trinajstić information content (AvgIpc) is 2.56. The van der Waals surface area contributed by atoms with Crippen molar-refractivity contribution in [3.05, 3.63) is 68.6 Å². The highest BCUT2D eigenvalue weighted by Crippen LogP contribution is 2.21. The molecule has 2 rings (SSSR count). The standard InChI is InChI=1S/C19H20Br2N2O2/c1-13(24)22-18(15-5-9-17(21)10-6-15)11-19(25)23(2)12-14-3-7-16(20)8-4-14/h3-10,18H,11-12H2,1-2H3,(H,22,24). The summed E-state index contributed by atoms with van der Waals surface area (Å²) in [7, 11) is 1.77. The van der Waals surface area contributed by atoms with Crippen molar-refractivity contribution in [1.82, 2.24) is 10.2 Å². The Labute approximate surface area is 164 Å². The minimum Gasteiger partial charge on any atom is -0.349 e. The van der Waals surface area contributed by atoms with Crippen molar-refractivity contribution < 1.29 is 9.59 Å². The minimum atomic E-state index is -0.342. The molecule has 1 N–H and O–H groups in total. The van der Waals surface area contributed by atoms with Crippen LogP contribution in [0.15, 0.2) is 57.5 Å². The van der Waals surface area contributed by atoms with Crippen LogP contribution in [0.5, 0.6) is 0 Å². The first-order chi connectivity index (χ1) is 11.8. The SMILES string of the molecule is CC(=O)NC(CC(=O)N(C)Cc1ccc(Br)cc1)c1ccc(Br)cc1. The van der Waals surface area contributed by atoms with Crippen LogP contribution in [-0.2, 0) is 16.1 Å². The van der Waals surface area contributed by atoms with E-state index in [1.807, 2.05) is 48.5 Å². The third kappa shape index (κ3) is 6.29. The van der Waals surface area contributed by atoms with Gasteiger partial charge in [-0.05, 0) is 35.4 Å². The van der Waals surface area contributed by atoms with E-state index in [4.69, 9.17) is 0 Å². The van der Waals surface area contributed by atoms with Crippen LogP contribution in [0.25, 0.3) is 0 Å². The topological polar surface area (TPSA) is 49.4 Å². The Balaban J connectivity index is 2.06. The number of hydrogen-bond acceptors (Lipinski definition) is 2.